The molecular formula is C45H66N8O12. The molecule has 4 aliphatic heterocycles. The van der Waals surface area contributed by atoms with Gasteiger partial charge in [0.15, 0.2) is 11.6 Å². The van der Waals surface area contributed by atoms with Gasteiger partial charge in [0.1, 0.15) is 29.9 Å². The fourth-order valence-electron chi connectivity index (χ4n) is 9.51. The van der Waals surface area contributed by atoms with Crippen LogP contribution in [0.15, 0.2) is 30.3 Å². The van der Waals surface area contributed by atoms with E-state index in [1.165, 1.54) is 14.9 Å². The molecule has 4 heterocycles. The lowest BCUT2D eigenvalue weighted by Gasteiger charge is -2.29. The van der Waals surface area contributed by atoms with Crippen molar-refractivity contribution in [3.8, 4) is 0 Å². The van der Waals surface area contributed by atoms with E-state index in [4.69, 9.17) is 14.3 Å². The standard InChI is InChI=1S/C26H36N4O6.C19H30N4O6/c1-26(2,3)36-24(33)28-20-11-7-10-19(20)22(31)14-27-23(32)21-13-12-18-15-29(21)25(34)30(18)35-16-17-8-5-4-6-9-17;1-19(2,3)29-17(26)21-13-6-4-5-12(13)15(24)9-20-16(25)14-8-7-11-10-22(14)18(27)23(11)28/h4-6,8-9,18-21H,7,10-16H2,1-3H3,(H,27,32)(H,28,33);11-14,28H,4-10H2,1-3H3,(H,20,25)(H,21,26)/t18-,19-,20-,21+;11-,12-,13-,14+/m11/s1. The number of piperidine rings is 2. The number of ketones is 2. The SMILES string of the molecule is CC(C)(C)OC(=O)N[C@@H]1CCC[C@H]1C(=O)CNC(=O)[C@@H]1CC[C@@H]2CN1C(=O)N2O.CC(C)(C)OC(=O)N[C@@H]1CCC[C@H]1C(=O)CNC(=O)[C@@H]1CC[C@@H]2CN1C(=O)N2OCc1ccccc1. The molecule has 2 aliphatic carbocycles. The number of fused-ring (bicyclic) bond motifs is 4. The molecule has 2 saturated carbocycles. The molecule has 358 valence electrons. The second-order valence-electron chi connectivity index (χ2n) is 19.7. The number of hydrogen-bond acceptors (Lipinski definition) is 12. The summed E-state index contributed by atoms with van der Waals surface area (Å²) in [5, 5.41) is 22.7. The Hall–Kier alpha value is -5.50. The molecular weight excluding hydrogens is 845 g/mol. The van der Waals surface area contributed by atoms with Gasteiger partial charge in [-0.15, -0.1) is 0 Å². The van der Waals surface area contributed by atoms with E-state index in [-0.39, 0.29) is 79.2 Å². The largest absolute Gasteiger partial charge is 0.444 e. The van der Waals surface area contributed by atoms with Crippen LogP contribution in [0, 0.1) is 11.8 Å². The number of hydroxylamine groups is 4. The maximum Gasteiger partial charge on any atom is 0.407 e. The molecule has 6 fully saturated rings. The van der Waals surface area contributed by atoms with Crippen LogP contribution in [-0.4, -0.2) is 146 Å². The molecule has 20 heteroatoms. The van der Waals surface area contributed by atoms with Gasteiger partial charge in [0.2, 0.25) is 11.8 Å². The van der Waals surface area contributed by atoms with E-state index in [1.54, 1.807) is 41.5 Å². The highest BCUT2D eigenvalue weighted by atomic mass is 16.7. The summed E-state index contributed by atoms with van der Waals surface area (Å²) in [6, 6.07) is 6.41. The molecule has 20 nitrogen and oxygen atoms in total. The molecule has 7 rings (SSSR count). The summed E-state index contributed by atoms with van der Waals surface area (Å²) in [4.78, 5) is 109. The summed E-state index contributed by atoms with van der Waals surface area (Å²) < 4.78 is 10.6. The van der Waals surface area contributed by atoms with Crippen LogP contribution in [-0.2, 0) is 40.1 Å². The van der Waals surface area contributed by atoms with Gasteiger partial charge in [-0.3, -0.25) is 29.2 Å². The van der Waals surface area contributed by atoms with Crippen molar-refractivity contribution in [2.45, 2.75) is 160 Å². The number of ether oxygens (including phenoxy) is 2. The van der Waals surface area contributed by atoms with Gasteiger partial charge in [-0.2, -0.15) is 5.06 Å². The first-order valence-electron chi connectivity index (χ1n) is 22.8. The van der Waals surface area contributed by atoms with Crippen LogP contribution in [0.2, 0.25) is 0 Å². The smallest absolute Gasteiger partial charge is 0.407 e. The zero-order valence-corrected chi connectivity index (χ0v) is 38.3. The van der Waals surface area contributed by atoms with Crippen molar-refractivity contribution in [1.82, 2.24) is 41.2 Å². The van der Waals surface area contributed by atoms with E-state index in [1.807, 2.05) is 30.3 Å². The first kappa shape index (κ1) is 48.9. The minimum absolute atomic E-state index is 0.0925. The summed E-state index contributed by atoms with van der Waals surface area (Å²) in [7, 11) is 0. The maximum atomic E-state index is 12.9. The Morgan fingerprint density at radius 2 is 1.09 bits per heavy atom. The van der Waals surface area contributed by atoms with Crippen molar-refractivity contribution >= 4 is 47.6 Å². The molecule has 5 N–H and O–H groups in total. The molecule has 65 heavy (non-hydrogen) atoms. The second-order valence-corrected chi connectivity index (χ2v) is 19.7. The van der Waals surface area contributed by atoms with E-state index < -0.39 is 47.4 Å². The number of rotatable bonds is 13. The average Bonchev–Trinajstić information content (AvgIpc) is 4.01. The van der Waals surface area contributed by atoms with Gasteiger partial charge >= 0.3 is 24.2 Å². The summed E-state index contributed by atoms with van der Waals surface area (Å²) >= 11 is 0. The third kappa shape index (κ3) is 12.7. The van der Waals surface area contributed by atoms with E-state index in [0.29, 0.717) is 69.5 Å². The molecule has 6 aliphatic rings. The molecule has 4 bridgehead atoms. The third-order valence-corrected chi connectivity index (χ3v) is 12.6. The van der Waals surface area contributed by atoms with Crippen molar-refractivity contribution in [2.24, 2.45) is 11.8 Å². The zero-order chi connectivity index (χ0) is 47.2. The number of hydrogen-bond donors (Lipinski definition) is 5. The fraction of sp³-hybridized carbons (Fsp3) is 0.689. The predicted molar refractivity (Wildman–Crippen MR) is 232 cm³/mol. The zero-order valence-electron chi connectivity index (χ0n) is 38.3. The van der Waals surface area contributed by atoms with Crippen LogP contribution < -0.4 is 21.3 Å². The van der Waals surface area contributed by atoms with Crippen LogP contribution >= 0.6 is 0 Å². The van der Waals surface area contributed by atoms with Crippen LogP contribution in [0.4, 0.5) is 19.2 Å². The third-order valence-electron chi connectivity index (χ3n) is 12.6. The van der Waals surface area contributed by atoms with Gasteiger partial charge in [-0.05, 0) is 98.5 Å². The van der Waals surface area contributed by atoms with Crippen LogP contribution in [0.25, 0.3) is 0 Å². The first-order chi connectivity index (χ1) is 30.7. The summed E-state index contributed by atoms with van der Waals surface area (Å²) in [6.07, 6.45) is 5.33. The van der Waals surface area contributed by atoms with Crippen LogP contribution in [0.3, 0.4) is 0 Å². The van der Waals surface area contributed by atoms with E-state index in [0.717, 1.165) is 18.4 Å². The summed E-state index contributed by atoms with van der Waals surface area (Å²) in [6.45, 7) is 11.4. The number of nitrogens with one attached hydrogen (secondary N) is 4. The molecule has 0 aromatic heterocycles. The number of nitrogens with zero attached hydrogens (tertiary/aromatic N) is 4. The topological polar surface area (TPSA) is 246 Å². The van der Waals surface area contributed by atoms with Gasteiger partial charge in [-0.25, -0.2) is 24.2 Å². The molecule has 1 aromatic rings. The van der Waals surface area contributed by atoms with Crippen molar-refractivity contribution < 1.29 is 57.9 Å². The number of benzene rings is 1. The molecule has 0 spiro atoms. The van der Waals surface area contributed by atoms with Gasteiger partial charge in [0.05, 0.1) is 25.2 Å². The van der Waals surface area contributed by atoms with Crippen molar-refractivity contribution in [3.63, 3.8) is 0 Å². The summed E-state index contributed by atoms with van der Waals surface area (Å²) in [5.41, 5.74) is -0.280. The number of urea groups is 2. The van der Waals surface area contributed by atoms with Gasteiger partial charge in [0.25, 0.3) is 0 Å². The number of amides is 8. The van der Waals surface area contributed by atoms with E-state index in [9.17, 15) is 43.6 Å². The normalized spacial score (nSPS) is 27.1. The number of Topliss-reactive ketones (excluding diaryl/α,β-unsaturated/α-hetero) is 2. The Bertz CT molecular complexity index is 1940. The molecule has 0 unspecified atom stereocenters. The maximum absolute atomic E-state index is 12.9. The lowest BCUT2D eigenvalue weighted by Crippen LogP contribution is -2.51. The quantitative estimate of drug-likeness (QED) is 0.178. The highest BCUT2D eigenvalue weighted by Gasteiger charge is 2.49. The lowest BCUT2D eigenvalue weighted by molar-refractivity contribution is -0.140. The first-order valence-corrected chi connectivity index (χ1v) is 22.8. The van der Waals surface area contributed by atoms with Gasteiger partial charge < -0.3 is 40.5 Å². The highest BCUT2D eigenvalue weighted by molar-refractivity contribution is 5.94. The van der Waals surface area contributed by atoms with Gasteiger partial charge in [0, 0.05) is 37.0 Å². The second kappa shape index (κ2) is 20.8. The number of carbonyl (C=O) groups is 8. The number of carbonyl (C=O) groups excluding carboxylic acids is 8. The Balaban J connectivity index is 0.000000221. The predicted octanol–water partition coefficient (Wildman–Crippen LogP) is 3.79. The lowest BCUT2D eigenvalue weighted by atomic mass is 9.97. The molecule has 0 radical (unpaired) electrons. The highest BCUT2D eigenvalue weighted by Crippen LogP contribution is 2.32. The van der Waals surface area contributed by atoms with Crippen molar-refractivity contribution in [3.05, 3.63) is 35.9 Å². The fourth-order valence-corrected chi connectivity index (χ4v) is 9.51. The Morgan fingerprint density at radius 3 is 1.58 bits per heavy atom. The Morgan fingerprint density at radius 1 is 0.631 bits per heavy atom. The Labute approximate surface area is 379 Å². The molecule has 8 amide bonds. The average molecular weight is 911 g/mol. The Kier molecular flexibility index (Phi) is 15.6. The molecule has 4 saturated heterocycles. The van der Waals surface area contributed by atoms with E-state index >= 15 is 0 Å². The monoisotopic (exact) mass is 910 g/mol. The van der Waals surface area contributed by atoms with Crippen LogP contribution in [0.5, 0.6) is 0 Å². The minimum atomic E-state index is -0.678. The minimum Gasteiger partial charge on any atom is -0.444 e. The van der Waals surface area contributed by atoms with Crippen LogP contribution in [0.1, 0.15) is 111 Å². The molecule has 8 atom stereocenters. The van der Waals surface area contributed by atoms with Crippen molar-refractivity contribution in [2.75, 3.05) is 26.2 Å². The van der Waals surface area contributed by atoms with Crippen molar-refractivity contribution in [1.29, 1.82) is 0 Å². The summed E-state index contributed by atoms with van der Waals surface area (Å²) in [5.74, 6) is -1.76. The number of alkyl carbamates (subject to hydrolysis) is 2. The van der Waals surface area contributed by atoms with E-state index in [2.05, 4.69) is 21.3 Å². The van der Waals surface area contributed by atoms with Gasteiger partial charge in [-0.1, -0.05) is 43.2 Å². The molecule has 1 aromatic carbocycles.